The van der Waals surface area contributed by atoms with Crippen molar-refractivity contribution in [2.24, 2.45) is 0 Å². The van der Waals surface area contributed by atoms with Crippen molar-refractivity contribution in [2.75, 3.05) is 6.61 Å². The van der Waals surface area contributed by atoms with Gasteiger partial charge in [-0.05, 0) is 43.5 Å². The van der Waals surface area contributed by atoms with Crippen molar-refractivity contribution in [3.8, 4) is 5.75 Å². The molecule has 0 spiro atoms. The summed E-state index contributed by atoms with van der Waals surface area (Å²) < 4.78 is 5.75. The van der Waals surface area contributed by atoms with Crippen LogP contribution in [0.1, 0.15) is 47.7 Å². The van der Waals surface area contributed by atoms with Gasteiger partial charge in [0.05, 0.1) is 6.61 Å². The minimum absolute atomic E-state index is 0.718. The number of hydrogen-bond acceptors (Lipinski definition) is 2. The molecule has 0 fully saturated rings. The average molecular weight is 220 g/mol. The standard InChI is InChI=1S/C14H20O2/c1-4-5-6-7-16-14-11(2)8-13(10-15)9-12(14)3/h8-10H,4-7H2,1-3H3. The summed E-state index contributed by atoms with van der Waals surface area (Å²) in [5.41, 5.74) is 2.80. The molecule has 0 aliphatic heterocycles. The van der Waals surface area contributed by atoms with Crippen LogP contribution in [0.5, 0.6) is 5.75 Å². The Morgan fingerprint density at radius 3 is 2.31 bits per heavy atom. The van der Waals surface area contributed by atoms with Crippen molar-refractivity contribution in [1.82, 2.24) is 0 Å². The number of aryl methyl sites for hydroxylation is 2. The first-order valence-electron chi connectivity index (χ1n) is 5.88. The molecule has 0 bridgehead atoms. The topological polar surface area (TPSA) is 26.3 Å². The minimum Gasteiger partial charge on any atom is -0.493 e. The highest BCUT2D eigenvalue weighted by atomic mass is 16.5. The average Bonchev–Trinajstić information content (AvgIpc) is 2.26. The fourth-order valence-corrected chi connectivity index (χ4v) is 1.81. The van der Waals surface area contributed by atoms with Gasteiger partial charge >= 0.3 is 0 Å². The predicted molar refractivity (Wildman–Crippen MR) is 66.3 cm³/mol. The Hall–Kier alpha value is -1.31. The second-order valence-corrected chi connectivity index (χ2v) is 4.16. The van der Waals surface area contributed by atoms with Crippen LogP contribution >= 0.6 is 0 Å². The zero-order valence-corrected chi connectivity index (χ0v) is 10.4. The van der Waals surface area contributed by atoms with Gasteiger partial charge in [0, 0.05) is 5.56 Å². The molecule has 0 unspecified atom stereocenters. The Bertz CT molecular complexity index is 333. The molecule has 0 amide bonds. The Labute approximate surface area is 97.6 Å². The number of rotatable bonds is 6. The van der Waals surface area contributed by atoms with Crippen LogP contribution in [0.2, 0.25) is 0 Å². The molecule has 16 heavy (non-hydrogen) atoms. The molecule has 2 nitrogen and oxygen atoms in total. The van der Waals surface area contributed by atoms with Gasteiger partial charge in [0.2, 0.25) is 0 Å². The lowest BCUT2D eigenvalue weighted by atomic mass is 10.1. The maximum Gasteiger partial charge on any atom is 0.150 e. The van der Waals surface area contributed by atoms with Gasteiger partial charge in [-0.3, -0.25) is 4.79 Å². The van der Waals surface area contributed by atoms with Crippen LogP contribution in [0.4, 0.5) is 0 Å². The SMILES string of the molecule is CCCCCOc1c(C)cc(C=O)cc1C. The first kappa shape index (κ1) is 12.8. The molecule has 0 saturated heterocycles. The van der Waals surface area contributed by atoms with Gasteiger partial charge in [0.15, 0.2) is 0 Å². The van der Waals surface area contributed by atoms with Crippen LogP contribution in [0.3, 0.4) is 0 Å². The Balaban J connectivity index is 2.69. The maximum absolute atomic E-state index is 10.7. The van der Waals surface area contributed by atoms with E-state index in [0.717, 1.165) is 41.8 Å². The second-order valence-electron chi connectivity index (χ2n) is 4.16. The smallest absolute Gasteiger partial charge is 0.150 e. The fraction of sp³-hybridized carbons (Fsp3) is 0.500. The zero-order valence-electron chi connectivity index (χ0n) is 10.4. The highest BCUT2D eigenvalue weighted by Gasteiger charge is 2.05. The summed E-state index contributed by atoms with van der Waals surface area (Å²) in [6.45, 7) is 6.90. The first-order chi connectivity index (χ1) is 7.69. The predicted octanol–water partition coefficient (Wildman–Crippen LogP) is 3.68. The van der Waals surface area contributed by atoms with E-state index in [-0.39, 0.29) is 0 Å². The van der Waals surface area contributed by atoms with Gasteiger partial charge in [0.25, 0.3) is 0 Å². The second kappa shape index (κ2) is 6.31. The van der Waals surface area contributed by atoms with E-state index in [2.05, 4.69) is 6.92 Å². The van der Waals surface area contributed by atoms with E-state index in [1.807, 2.05) is 26.0 Å². The number of benzene rings is 1. The van der Waals surface area contributed by atoms with Crippen LogP contribution in [0, 0.1) is 13.8 Å². The Kier molecular flexibility index (Phi) is 5.03. The molecule has 0 heterocycles. The van der Waals surface area contributed by atoms with E-state index in [1.54, 1.807) is 0 Å². The lowest BCUT2D eigenvalue weighted by molar-refractivity contribution is 0.112. The van der Waals surface area contributed by atoms with Crippen molar-refractivity contribution in [3.63, 3.8) is 0 Å². The zero-order chi connectivity index (χ0) is 12.0. The number of hydrogen-bond donors (Lipinski definition) is 0. The van der Waals surface area contributed by atoms with Crippen molar-refractivity contribution in [3.05, 3.63) is 28.8 Å². The molecule has 0 aliphatic carbocycles. The lowest BCUT2D eigenvalue weighted by Crippen LogP contribution is -2.01. The number of unbranched alkanes of at least 4 members (excludes halogenated alkanes) is 2. The van der Waals surface area contributed by atoms with Gasteiger partial charge in [-0.25, -0.2) is 0 Å². The molecule has 0 atom stereocenters. The molecule has 0 N–H and O–H groups in total. The third-order valence-corrected chi connectivity index (χ3v) is 2.61. The normalized spacial score (nSPS) is 10.2. The molecule has 0 saturated carbocycles. The quantitative estimate of drug-likeness (QED) is 0.540. The van der Waals surface area contributed by atoms with Crippen molar-refractivity contribution in [1.29, 1.82) is 0 Å². The third kappa shape index (κ3) is 3.37. The van der Waals surface area contributed by atoms with Crippen molar-refractivity contribution < 1.29 is 9.53 Å². The number of ether oxygens (including phenoxy) is 1. The molecule has 1 aromatic carbocycles. The van der Waals surface area contributed by atoms with Crippen LogP contribution in [0.25, 0.3) is 0 Å². The molecule has 0 aliphatic rings. The lowest BCUT2D eigenvalue weighted by Gasteiger charge is -2.12. The summed E-state index contributed by atoms with van der Waals surface area (Å²) in [4.78, 5) is 10.7. The van der Waals surface area contributed by atoms with Gasteiger partial charge in [0.1, 0.15) is 12.0 Å². The summed E-state index contributed by atoms with van der Waals surface area (Å²) in [5, 5.41) is 0. The van der Waals surface area contributed by atoms with Crippen LogP contribution in [-0.2, 0) is 0 Å². The number of carbonyl (C=O) groups is 1. The summed E-state index contributed by atoms with van der Waals surface area (Å²) in [5.74, 6) is 0.932. The summed E-state index contributed by atoms with van der Waals surface area (Å²) in [7, 11) is 0. The number of aldehydes is 1. The minimum atomic E-state index is 0.718. The van der Waals surface area contributed by atoms with E-state index < -0.39 is 0 Å². The first-order valence-corrected chi connectivity index (χ1v) is 5.88. The van der Waals surface area contributed by atoms with Crippen LogP contribution in [-0.4, -0.2) is 12.9 Å². The van der Waals surface area contributed by atoms with Gasteiger partial charge < -0.3 is 4.74 Å². The van der Waals surface area contributed by atoms with Crippen LogP contribution in [0.15, 0.2) is 12.1 Å². The Morgan fingerprint density at radius 2 is 1.81 bits per heavy atom. The molecule has 0 radical (unpaired) electrons. The molecule has 88 valence electrons. The van der Waals surface area contributed by atoms with Gasteiger partial charge in [-0.15, -0.1) is 0 Å². The van der Waals surface area contributed by atoms with E-state index in [0.29, 0.717) is 0 Å². The third-order valence-electron chi connectivity index (χ3n) is 2.61. The summed E-state index contributed by atoms with van der Waals surface area (Å²) in [6, 6.07) is 3.74. The Morgan fingerprint density at radius 1 is 1.19 bits per heavy atom. The molecule has 0 aromatic heterocycles. The maximum atomic E-state index is 10.7. The summed E-state index contributed by atoms with van der Waals surface area (Å²) in [6.07, 6.45) is 4.36. The largest absolute Gasteiger partial charge is 0.493 e. The molecule has 1 aromatic rings. The van der Waals surface area contributed by atoms with Crippen molar-refractivity contribution >= 4 is 6.29 Å². The van der Waals surface area contributed by atoms with Crippen LogP contribution < -0.4 is 4.74 Å². The van der Waals surface area contributed by atoms with E-state index >= 15 is 0 Å². The monoisotopic (exact) mass is 220 g/mol. The summed E-state index contributed by atoms with van der Waals surface area (Å²) >= 11 is 0. The highest BCUT2D eigenvalue weighted by Crippen LogP contribution is 2.24. The van der Waals surface area contributed by atoms with Crippen molar-refractivity contribution in [2.45, 2.75) is 40.0 Å². The van der Waals surface area contributed by atoms with E-state index in [4.69, 9.17) is 4.74 Å². The van der Waals surface area contributed by atoms with E-state index in [1.165, 1.54) is 12.8 Å². The van der Waals surface area contributed by atoms with E-state index in [9.17, 15) is 4.79 Å². The molecule has 2 heteroatoms. The molecule has 1 rings (SSSR count). The fourth-order valence-electron chi connectivity index (χ4n) is 1.81. The number of carbonyl (C=O) groups excluding carboxylic acids is 1. The van der Waals surface area contributed by atoms with Gasteiger partial charge in [-0.2, -0.15) is 0 Å². The molecular weight excluding hydrogens is 200 g/mol. The van der Waals surface area contributed by atoms with Gasteiger partial charge in [-0.1, -0.05) is 19.8 Å². The molecular formula is C14H20O2. The highest BCUT2D eigenvalue weighted by molar-refractivity contribution is 5.76.